The van der Waals surface area contributed by atoms with Gasteiger partial charge < -0.3 is 0 Å². The molecule has 2 atom stereocenters. The van der Waals surface area contributed by atoms with Gasteiger partial charge in [-0.1, -0.05) is 48.0 Å². The molecule has 0 aromatic heterocycles. The number of halogens is 2. The Labute approximate surface area is 174 Å². The molecule has 2 unspecified atom stereocenters. The van der Waals surface area contributed by atoms with E-state index >= 15 is 0 Å². The molecule has 0 saturated heterocycles. The molecule has 1 heterocycles. The van der Waals surface area contributed by atoms with Crippen molar-refractivity contribution in [2.75, 3.05) is 14.1 Å². The van der Waals surface area contributed by atoms with Crippen molar-refractivity contribution in [3.63, 3.8) is 0 Å². The van der Waals surface area contributed by atoms with E-state index in [9.17, 15) is 14.0 Å². The summed E-state index contributed by atoms with van der Waals surface area (Å²) in [4.78, 5) is 26.3. The van der Waals surface area contributed by atoms with E-state index in [1.807, 2.05) is 30.3 Å². The van der Waals surface area contributed by atoms with E-state index in [0.717, 1.165) is 5.56 Å². The Morgan fingerprint density at radius 1 is 1.00 bits per heavy atom. The van der Waals surface area contributed by atoms with Gasteiger partial charge in [0.05, 0.1) is 0 Å². The number of rotatable bonds is 3. The first-order valence-corrected chi connectivity index (χ1v) is 10.0. The molecule has 4 nitrogen and oxygen atoms in total. The Morgan fingerprint density at radius 2 is 1.72 bits per heavy atom. The van der Waals surface area contributed by atoms with Crippen LogP contribution >= 0.6 is 11.6 Å². The zero-order valence-corrected chi connectivity index (χ0v) is 17.1. The number of amides is 1. The number of allylic oxidation sites excluding steroid dienone is 2. The maximum Gasteiger partial charge on any atom is 0.242 e. The molecule has 0 bridgehead atoms. The molecule has 2 aromatic rings. The molecule has 0 fully saturated rings. The summed E-state index contributed by atoms with van der Waals surface area (Å²) in [5, 5.41) is 3.50. The van der Waals surface area contributed by atoms with Gasteiger partial charge in [-0.15, -0.1) is 0 Å². The zero-order chi connectivity index (χ0) is 20.7. The lowest BCUT2D eigenvalue weighted by Crippen LogP contribution is -2.48. The smallest absolute Gasteiger partial charge is 0.242 e. The number of benzene rings is 2. The second kappa shape index (κ2) is 7.73. The average Bonchev–Trinajstić information content (AvgIpc) is 2.67. The second-order valence-electron chi connectivity index (χ2n) is 7.74. The molecule has 1 aliphatic carbocycles. The van der Waals surface area contributed by atoms with E-state index in [2.05, 4.69) is 0 Å². The van der Waals surface area contributed by atoms with E-state index in [-0.39, 0.29) is 34.6 Å². The molecule has 0 saturated carbocycles. The largest absolute Gasteiger partial charge is 0.294 e. The summed E-state index contributed by atoms with van der Waals surface area (Å²) >= 11 is 6.30. The van der Waals surface area contributed by atoms with Crippen molar-refractivity contribution in [2.45, 2.75) is 31.1 Å². The zero-order valence-electron chi connectivity index (χ0n) is 16.4. The van der Waals surface area contributed by atoms with Gasteiger partial charge in [0.25, 0.3) is 0 Å². The molecule has 0 radical (unpaired) electrons. The first kappa shape index (κ1) is 19.8. The highest BCUT2D eigenvalue weighted by atomic mass is 35.5. The van der Waals surface area contributed by atoms with Gasteiger partial charge in [-0.25, -0.2) is 14.4 Å². The number of hydrogen-bond acceptors (Lipinski definition) is 3. The van der Waals surface area contributed by atoms with Crippen molar-refractivity contribution in [3.8, 4) is 0 Å². The standard InChI is InChI=1S/C23H22ClFN2O2/c1-26(2)27-19-11-15(14-7-4-3-5-8-14)12-20(28)23(19)16(13-21(27)29)22-17(24)9-6-10-18(22)25/h3-10,15-16H,11-13H2,1-2H3. The summed E-state index contributed by atoms with van der Waals surface area (Å²) in [7, 11) is 3.55. The van der Waals surface area contributed by atoms with Crippen LogP contribution < -0.4 is 0 Å². The minimum absolute atomic E-state index is 0.0133. The lowest BCUT2D eigenvalue weighted by Gasteiger charge is -2.42. The third-order valence-electron chi connectivity index (χ3n) is 5.72. The van der Waals surface area contributed by atoms with Crippen molar-refractivity contribution in [1.82, 2.24) is 10.0 Å². The van der Waals surface area contributed by atoms with Crippen LogP contribution in [0.15, 0.2) is 59.8 Å². The minimum atomic E-state index is -0.661. The predicted molar refractivity (Wildman–Crippen MR) is 110 cm³/mol. The van der Waals surface area contributed by atoms with Gasteiger partial charge in [-0.3, -0.25) is 9.59 Å². The molecule has 4 rings (SSSR count). The SMILES string of the molecule is CN(C)N1C(=O)CC(c2c(F)cccc2Cl)C2=C1CC(c1ccccc1)CC2=O. The Hall–Kier alpha value is -2.50. The van der Waals surface area contributed by atoms with Crippen LogP contribution in [-0.4, -0.2) is 35.8 Å². The van der Waals surface area contributed by atoms with Crippen molar-refractivity contribution >= 4 is 23.3 Å². The van der Waals surface area contributed by atoms with E-state index in [0.29, 0.717) is 24.1 Å². The van der Waals surface area contributed by atoms with Crippen molar-refractivity contribution in [2.24, 2.45) is 0 Å². The van der Waals surface area contributed by atoms with Crippen LogP contribution in [0.4, 0.5) is 4.39 Å². The number of Topliss-reactive ketones (excluding diaryl/α,β-unsaturated/α-hetero) is 1. The van der Waals surface area contributed by atoms with Crippen LogP contribution in [0.5, 0.6) is 0 Å². The van der Waals surface area contributed by atoms with Crippen molar-refractivity contribution in [1.29, 1.82) is 0 Å². The summed E-state index contributed by atoms with van der Waals surface area (Å²) in [5.41, 5.74) is 2.46. The highest BCUT2D eigenvalue weighted by molar-refractivity contribution is 6.31. The summed E-state index contributed by atoms with van der Waals surface area (Å²) in [6.45, 7) is 0. The first-order chi connectivity index (χ1) is 13.9. The molecule has 1 aliphatic heterocycles. The third-order valence-corrected chi connectivity index (χ3v) is 6.05. The van der Waals surface area contributed by atoms with Crippen molar-refractivity contribution < 1.29 is 14.0 Å². The molecule has 2 aliphatic rings. The summed E-state index contributed by atoms with van der Waals surface area (Å²) in [6.07, 6.45) is 0.887. The predicted octanol–water partition coefficient (Wildman–Crippen LogP) is 4.67. The number of hydrogen-bond donors (Lipinski definition) is 0. The molecule has 0 spiro atoms. The van der Waals surface area contributed by atoms with Crippen LogP contribution in [0.3, 0.4) is 0 Å². The van der Waals surface area contributed by atoms with E-state index in [1.54, 1.807) is 30.2 Å². The van der Waals surface area contributed by atoms with Gasteiger partial charge in [0.2, 0.25) is 5.91 Å². The highest BCUT2D eigenvalue weighted by Crippen LogP contribution is 2.47. The van der Waals surface area contributed by atoms with E-state index in [1.165, 1.54) is 12.1 Å². The van der Waals surface area contributed by atoms with Crippen molar-refractivity contribution in [3.05, 3.63) is 81.8 Å². The Kier molecular flexibility index (Phi) is 5.28. The number of nitrogens with zero attached hydrogens (tertiary/aromatic N) is 2. The van der Waals surface area contributed by atoms with Gasteiger partial charge in [0.1, 0.15) is 5.82 Å². The second-order valence-corrected chi connectivity index (χ2v) is 8.15. The lowest BCUT2D eigenvalue weighted by molar-refractivity contribution is -0.143. The van der Waals surface area contributed by atoms with Gasteiger partial charge in [-0.2, -0.15) is 0 Å². The van der Waals surface area contributed by atoms with E-state index < -0.39 is 11.7 Å². The van der Waals surface area contributed by atoms with Crippen LogP contribution in [0, 0.1) is 5.82 Å². The Morgan fingerprint density at radius 3 is 2.38 bits per heavy atom. The summed E-state index contributed by atoms with van der Waals surface area (Å²) in [5.74, 6) is -1.39. The Balaban J connectivity index is 1.86. The summed E-state index contributed by atoms with van der Waals surface area (Å²) in [6, 6.07) is 14.3. The van der Waals surface area contributed by atoms with Crippen LogP contribution in [0.1, 0.15) is 42.2 Å². The lowest BCUT2D eigenvalue weighted by atomic mass is 9.73. The molecular formula is C23H22ClFN2O2. The molecule has 2 aromatic carbocycles. The van der Waals surface area contributed by atoms with Crippen LogP contribution in [0.2, 0.25) is 5.02 Å². The maximum atomic E-state index is 14.7. The normalized spacial score (nSPS) is 22.3. The van der Waals surface area contributed by atoms with Gasteiger partial charge >= 0.3 is 0 Å². The van der Waals surface area contributed by atoms with Crippen LogP contribution in [0.25, 0.3) is 0 Å². The van der Waals surface area contributed by atoms with E-state index in [4.69, 9.17) is 11.6 Å². The fraction of sp³-hybridized carbons (Fsp3) is 0.304. The minimum Gasteiger partial charge on any atom is -0.294 e. The summed E-state index contributed by atoms with van der Waals surface area (Å²) < 4.78 is 14.7. The fourth-order valence-electron chi connectivity index (χ4n) is 4.54. The van der Waals surface area contributed by atoms with Gasteiger partial charge in [0.15, 0.2) is 5.78 Å². The van der Waals surface area contributed by atoms with Gasteiger partial charge in [-0.05, 0) is 30.0 Å². The maximum absolute atomic E-state index is 14.7. The first-order valence-electron chi connectivity index (χ1n) is 9.63. The molecule has 0 N–H and O–H groups in total. The number of carbonyl (C=O) groups excluding carboxylic acids is 2. The topological polar surface area (TPSA) is 40.6 Å². The molecule has 6 heteroatoms. The number of carbonyl (C=O) groups is 2. The molecular weight excluding hydrogens is 391 g/mol. The molecule has 1 amide bonds. The number of hydrazine groups is 1. The monoisotopic (exact) mass is 412 g/mol. The average molecular weight is 413 g/mol. The fourth-order valence-corrected chi connectivity index (χ4v) is 4.83. The molecule has 29 heavy (non-hydrogen) atoms. The molecule has 150 valence electrons. The Bertz CT molecular complexity index is 983. The van der Waals surface area contributed by atoms with Gasteiger partial charge in [0, 0.05) is 54.7 Å². The highest BCUT2D eigenvalue weighted by Gasteiger charge is 2.43. The van der Waals surface area contributed by atoms with Crippen LogP contribution in [-0.2, 0) is 9.59 Å². The number of ketones is 1. The quantitative estimate of drug-likeness (QED) is 0.735. The third kappa shape index (κ3) is 3.49.